The molecule has 0 aromatic carbocycles. The minimum Gasteiger partial charge on any atom is -0.481 e. The Balaban J connectivity index is 5.27. The number of carboxylic acid groups (broad SMARTS) is 3. The molecule has 3 atom stereocenters. The fourth-order valence-electron chi connectivity index (χ4n) is 1.90. The van der Waals surface area contributed by atoms with E-state index >= 15 is 0 Å². The molecule has 0 rings (SSSR count). The lowest BCUT2D eigenvalue weighted by molar-refractivity contribution is -0.147. The molecule has 28 heavy (non-hydrogen) atoms. The fraction of sp³-hybridized carbons (Fsp3) is 0.571. The van der Waals surface area contributed by atoms with E-state index in [1.54, 1.807) is 0 Å². The molecule has 0 bridgehead atoms. The van der Waals surface area contributed by atoms with Gasteiger partial charge in [0, 0.05) is 12.2 Å². The second-order valence-corrected chi connectivity index (χ2v) is 5.86. The van der Waals surface area contributed by atoms with Crippen LogP contribution in [0.25, 0.3) is 0 Å². The monoisotopic (exact) mass is 422 g/mol. The molecule has 0 saturated heterocycles. The van der Waals surface area contributed by atoms with Crippen LogP contribution in [0.1, 0.15) is 19.3 Å². The molecular weight excluding hydrogens is 400 g/mol. The molecule has 3 unspecified atom stereocenters. The SMILES string of the molecule is NCC(=O)NC(CS)C(=O)NC(CCC(=O)O)C(=O)NC(CC(=O)O)C(=O)O. The van der Waals surface area contributed by atoms with Gasteiger partial charge in [-0.05, 0) is 6.42 Å². The van der Waals surface area contributed by atoms with E-state index in [1.807, 2.05) is 5.32 Å². The summed E-state index contributed by atoms with van der Waals surface area (Å²) in [4.78, 5) is 68.3. The van der Waals surface area contributed by atoms with Crippen LogP contribution in [0, 0.1) is 0 Å². The van der Waals surface area contributed by atoms with Crippen LogP contribution in [0.2, 0.25) is 0 Å². The molecule has 0 aliphatic rings. The van der Waals surface area contributed by atoms with Gasteiger partial charge in [-0.3, -0.25) is 24.0 Å². The largest absolute Gasteiger partial charge is 0.481 e. The van der Waals surface area contributed by atoms with E-state index in [1.165, 1.54) is 0 Å². The second-order valence-electron chi connectivity index (χ2n) is 5.50. The van der Waals surface area contributed by atoms with Crippen LogP contribution in [-0.2, 0) is 28.8 Å². The number of nitrogens with one attached hydrogen (secondary N) is 3. The first-order valence-electron chi connectivity index (χ1n) is 7.89. The fourth-order valence-corrected chi connectivity index (χ4v) is 2.16. The predicted molar refractivity (Wildman–Crippen MR) is 95.5 cm³/mol. The van der Waals surface area contributed by atoms with Crippen LogP contribution in [-0.4, -0.2) is 81.4 Å². The van der Waals surface area contributed by atoms with Gasteiger partial charge in [-0.25, -0.2) is 4.79 Å². The van der Waals surface area contributed by atoms with Crippen molar-refractivity contribution in [1.82, 2.24) is 16.0 Å². The van der Waals surface area contributed by atoms with Crippen LogP contribution >= 0.6 is 12.6 Å². The molecule has 0 saturated carbocycles. The zero-order valence-corrected chi connectivity index (χ0v) is 15.5. The third-order valence-electron chi connectivity index (χ3n) is 3.29. The van der Waals surface area contributed by atoms with Gasteiger partial charge in [-0.1, -0.05) is 0 Å². The number of amides is 3. The minimum absolute atomic E-state index is 0.165. The number of carboxylic acids is 3. The van der Waals surface area contributed by atoms with Crippen molar-refractivity contribution in [2.75, 3.05) is 12.3 Å². The zero-order chi connectivity index (χ0) is 21.9. The second kappa shape index (κ2) is 12.5. The summed E-state index contributed by atoms with van der Waals surface area (Å²) in [6.07, 6.45) is -1.88. The number of carbonyl (C=O) groups excluding carboxylic acids is 3. The lowest BCUT2D eigenvalue weighted by Crippen LogP contribution is -2.57. The molecule has 0 spiro atoms. The van der Waals surface area contributed by atoms with Crippen LogP contribution in [0.15, 0.2) is 0 Å². The molecule has 13 nitrogen and oxygen atoms in total. The lowest BCUT2D eigenvalue weighted by atomic mass is 10.1. The van der Waals surface area contributed by atoms with Gasteiger partial charge in [-0.2, -0.15) is 12.6 Å². The average Bonchev–Trinajstić information content (AvgIpc) is 2.61. The maximum atomic E-state index is 12.3. The molecule has 158 valence electrons. The van der Waals surface area contributed by atoms with Crippen LogP contribution in [0.3, 0.4) is 0 Å². The Morgan fingerprint density at radius 1 is 0.821 bits per heavy atom. The molecule has 0 fully saturated rings. The average molecular weight is 422 g/mol. The summed E-state index contributed by atoms with van der Waals surface area (Å²) in [6.45, 7) is -0.407. The van der Waals surface area contributed by atoms with Gasteiger partial charge < -0.3 is 37.0 Å². The number of carbonyl (C=O) groups is 6. The van der Waals surface area contributed by atoms with Crippen molar-refractivity contribution >= 4 is 48.3 Å². The minimum atomic E-state index is -1.79. The summed E-state index contributed by atoms with van der Waals surface area (Å²) in [5, 5.41) is 32.8. The van der Waals surface area contributed by atoms with Crippen molar-refractivity contribution in [3.05, 3.63) is 0 Å². The molecule has 14 heteroatoms. The molecule has 0 aromatic heterocycles. The first-order chi connectivity index (χ1) is 13.0. The quantitative estimate of drug-likeness (QED) is 0.138. The van der Waals surface area contributed by atoms with Crippen LogP contribution in [0.4, 0.5) is 0 Å². The van der Waals surface area contributed by atoms with Gasteiger partial charge in [0.05, 0.1) is 13.0 Å². The molecule has 8 N–H and O–H groups in total. The smallest absolute Gasteiger partial charge is 0.326 e. The normalized spacial score (nSPS) is 13.5. The highest BCUT2D eigenvalue weighted by molar-refractivity contribution is 7.80. The number of rotatable bonds is 13. The van der Waals surface area contributed by atoms with Crippen molar-refractivity contribution in [3.8, 4) is 0 Å². The Morgan fingerprint density at radius 2 is 1.36 bits per heavy atom. The molecule has 3 amide bonds. The third kappa shape index (κ3) is 9.72. The molecular formula is C14H22N4O9S. The Hall–Kier alpha value is -2.87. The van der Waals surface area contributed by atoms with Crippen molar-refractivity contribution in [2.24, 2.45) is 5.73 Å². The Bertz CT molecular complexity index is 628. The summed E-state index contributed by atoms with van der Waals surface area (Å²) in [7, 11) is 0. The van der Waals surface area contributed by atoms with E-state index in [0.717, 1.165) is 0 Å². The van der Waals surface area contributed by atoms with Gasteiger partial charge in [0.25, 0.3) is 0 Å². The predicted octanol–water partition coefficient (Wildman–Crippen LogP) is -3.25. The Morgan fingerprint density at radius 3 is 1.79 bits per heavy atom. The summed E-state index contributed by atoms with van der Waals surface area (Å²) in [6, 6.07) is -4.46. The third-order valence-corrected chi connectivity index (χ3v) is 3.66. The van der Waals surface area contributed by atoms with E-state index in [0.29, 0.717) is 0 Å². The summed E-state index contributed by atoms with van der Waals surface area (Å²) >= 11 is 3.89. The van der Waals surface area contributed by atoms with E-state index < -0.39 is 79.6 Å². The molecule has 0 radical (unpaired) electrons. The molecule has 0 heterocycles. The van der Waals surface area contributed by atoms with Crippen molar-refractivity contribution in [1.29, 1.82) is 0 Å². The highest BCUT2D eigenvalue weighted by Crippen LogP contribution is 2.03. The van der Waals surface area contributed by atoms with E-state index in [9.17, 15) is 28.8 Å². The highest BCUT2D eigenvalue weighted by Gasteiger charge is 2.30. The lowest BCUT2D eigenvalue weighted by Gasteiger charge is -2.23. The van der Waals surface area contributed by atoms with Crippen molar-refractivity contribution < 1.29 is 44.1 Å². The maximum Gasteiger partial charge on any atom is 0.326 e. The van der Waals surface area contributed by atoms with E-state index in [-0.39, 0.29) is 5.75 Å². The van der Waals surface area contributed by atoms with E-state index in [2.05, 4.69) is 23.3 Å². The van der Waals surface area contributed by atoms with Gasteiger partial charge in [0.1, 0.15) is 18.1 Å². The number of nitrogens with two attached hydrogens (primary N) is 1. The maximum absolute atomic E-state index is 12.3. The first-order valence-corrected chi connectivity index (χ1v) is 8.52. The topological polar surface area (TPSA) is 225 Å². The molecule has 0 aliphatic carbocycles. The molecule has 0 aliphatic heterocycles. The van der Waals surface area contributed by atoms with Gasteiger partial charge in [0.2, 0.25) is 17.7 Å². The zero-order valence-electron chi connectivity index (χ0n) is 14.6. The van der Waals surface area contributed by atoms with Gasteiger partial charge in [0.15, 0.2) is 0 Å². The first kappa shape index (κ1) is 25.1. The van der Waals surface area contributed by atoms with Crippen LogP contribution < -0.4 is 21.7 Å². The van der Waals surface area contributed by atoms with Crippen molar-refractivity contribution in [2.45, 2.75) is 37.4 Å². The standard InChI is InChI=1S/C14H22N4O9S/c15-4-9(19)16-8(5-28)13(25)17-6(1-2-10(20)21)12(24)18-7(14(26)27)3-11(22)23/h6-8,28H,1-5,15H2,(H,16,19)(H,17,25)(H,18,24)(H,20,21)(H,22,23)(H,26,27). The molecule has 0 aromatic rings. The van der Waals surface area contributed by atoms with Crippen LogP contribution in [0.5, 0.6) is 0 Å². The summed E-state index contributed by atoms with van der Waals surface area (Å²) in [5.41, 5.74) is 5.13. The number of hydrogen-bond acceptors (Lipinski definition) is 8. The number of hydrogen-bond donors (Lipinski definition) is 8. The number of thiol groups is 1. The number of aliphatic carboxylic acids is 3. The Kier molecular flexibility index (Phi) is 11.2. The highest BCUT2D eigenvalue weighted by atomic mass is 32.1. The summed E-state index contributed by atoms with van der Waals surface area (Å²) < 4.78 is 0. The Labute approximate surface area is 164 Å². The van der Waals surface area contributed by atoms with Gasteiger partial charge in [-0.15, -0.1) is 0 Å². The van der Waals surface area contributed by atoms with E-state index in [4.69, 9.17) is 21.1 Å². The van der Waals surface area contributed by atoms with Gasteiger partial charge >= 0.3 is 17.9 Å². The van der Waals surface area contributed by atoms with Crippen molar-refractivity contribution in [3.63, 3.8) is 0 Å². The summed E-state index contributed by atoms with van der Waals surface area (Å²) in [5.74, 6) is -7.20.